The van der Waals surface area contributed by atoms with Crippen molar-refractivity contribution < 1.29 is 9.53 Å². The van der Waals surface area contributed by atoms with Crippen molar-refractivity contribution >= 4 is 5.97 Å². The lowest BCUT2D eigenvalue weighted by molar-refractivity contribution is -0.139. The van der Waals surface area contributed by atoms with Gasteiger partial charge in [0.05, 0.1) is 6.61 Å². The van der Waals surface area contributed by atoms with E-state index in [2.05, 4.69) is 27.4 Å². The molecule has 0 amide bonds. The van der Waals surface area contributed by atoms with Crippen LogP contribution in [0.3, 0.4) is 0 Å². The Hall–Kier alpha value is -0.790. The van der Waals surface area contributed by atoms with E-state index in [-0.39, 0.29) is 5.97 Å². The maximum absolute atomic E-state index is 11.3. The lowest BCUT2D eigenvalue weighted by Gasteiger charge is -2.15. The maximum Gasteiger partial charge on any atom is 0.333 e. The summed E-state index contributed by atoms with van der Waals surface area (Å²) >= 11 is 0. The van der Waals surface area contributed by atoms with Crippen molar-refractivity contribution in [1.82, 2.24) is 0 Å². The molecule has 2 nitrogen and oxygen atoms in total. The smallest absolute Gasteiger partial charge is 0.333 e. The molecule has 0 saturated carbocycles. The van der Waals surface area contributed by atoms with Crippen LogP contribution in [0.5, 0.6) is 0 Å². The Balaban J connectivity index is 3.41. The topological polar surface area (TPSA) is 26.3 Å². The summed E-state index contributed by atoms with van der Waals surface area (Å²) in [5.74, 6) is 1.19. The third-order valence-electron chi connectivity index (χ3n) is 5.40. The minimum absolute atomic E-state index is 0.258. The Kier molecular flexibility index (Phi) is 17.1. The van der Waals surface area contributed by atoms with Gasteiger partial charge < -0.3 is 4.74 Å². The van der Waals surface area contributed by atoms with Gasteiger partial charge in [-0.3, -0.25) is 0 Å². The van der Waals surface area contributed by atoms with Gasteiger partial charge in [0, 0.05) is 5.57 Å². The van der Waals surface area contributed by atoms with Gasteiger partial charge in [-0.05, 0) is 25.2 Å². The second-order valence-corrected chi connectivity index (χ2v) is 8.46. The number of carbonyl (C=O) groups excluding carboxylic acids is 1. The highest BCUT2D eigenvalue weighted by molar-refractivity contribution is 5.86. The van der Waals surface area contributed by atoms with E-state index >= 15 is 0 Å². The molecule has 0 N–H and O–H groups in total. The largest absolute Gasteiger partial charge is 0.462 e. The van der Waals surface area contributed by atoms with Gasteiger partial charge in [0.1, 0.15) is 0 Å². The Morgan fingerprint density at radius 3 is 1.73 bits per heavy atom. The van der Waals surface area contributed by atoms with Crippen LogP contribution in [-0.2, 0) is 9.53 Å². The molecule has 0 bridgehead atoms. The highest BCUT2D eigenvalue weighted by atomic mass is 16.5. The van der Waals surface area contributed by atoms with Crippen LogP contribution in [0.15, 0.2) is 12.2 Å². The molecule has 2 unspecified atom stereocenters. The summed E-state index contributed by atoms with van der Waals surface area (Å²) < 4.78 is 5.18. The van der Waals surface area contributed by atoms with E-state index in [0.29, 0.717) is 18.1 Å². The molecule has 0 aliphatic rings. The zero-order valence-electron chi connectivity index (χ0n) is 18.3. The van der Waals surface area contributed by atoms with Crippen molar-refractivity contribution in [3.63, 3.8) is 0 Å². The Morgan fingerprint density at radius 1 is 0.769 bits per heavy atom. The predicted molar refractivity (Wildman–Crippen MR) is 114 cm³/mol. The van der Waals surface area contributed by atoms with Crippen LogP contribution in [0, 0.1) is 11.8 Å². The van der Waals surface area contributed by atoms with Gasteiger partial charge in [-0.15, -0.1) is 0 Å². The summed E-state index contributed by atoms with van der Waals surface area (Å²) in [6.45, 7) is 12.8. The molecular weight excluding hydrogens is 320 g/mol. The van der Waals surface area contributed by atoms with Crippen LogP contribution in [0.25, 0.3) is 0 Å². The molecule has 0 fully saturated rings. The van der Waals surface area contributed by atoms with E-state index < -0.39 is 0 Å². The first-order valence-corrected chi connectivity index (χ1v) is 11.3. The zero-order chi connectivity index (χ0) is 19.6. The number of esters is 1. The second-order valence-electron chi connectivity index (χ2n) is 8.46. The molecule has 0 heterocycles. The average molecular weight is 367 g/mol. The van der Waals surface area contributed by atoms with Gasteiger partial charge >= 0.3 is 5.97 Å². The summed E-state index contributed by atoms with van der Waals surface area (Å²) in [5, 5.41) is 0. The van der Waals surface area contributed by atoms with Gasteiger partial charge in [-0.2, -0.15) is 0 Å². The molecular formula is C24H46O2. The molecule has 2 atom stereocenters. The first kappa shape index (κ1) is 25.2. The lowest BCUT2D eigenvalue weighted by Crippen LogP contribution is -2.09. The molecule has 154 valence electrons. The Morgan fingerprint density at radius 2 is 1.23 bits per heavy atom. The SMILES string of the molecule is C=C(C)C(=O)OCCC(C)CCC(C)CCCCCCCCCCCC. The first-order valence-electron chi connectivity index (χ1n) is 11.3. The van der Waals surface area contributed by atoms with E-state index in [1.807, 2.05) is 0 Å². The van der Waals surface area contributed by atoms with E-state index in [1.54, 1.807) is 6.92 Å². The molecule has 0 saturated heterocycles. The van der Waals surface area contributed by atoms with Crippen molar-refractivity contribution in [2.75, 3.05) is 6.61 Å². The molecule has 0 aromatic heterocycles. The highest BCUT2D eigenvalue weighted by Gasteiger charge is 2.09. The fraction of sp³-hybridized carbons (Fsp3) is 0.875. The summed E-state index contributed by atoms with van der Waals surface area (Å²) in [7, 11) is 0. The monoisotopic (exact) mass is 366 g/mol. The number of unbranched alkanes of at least 4 members (excludes halogenated alkanes) is 9. The normalized spacial score (nSPS) is 13.4. The number of carbonyl (C=O) groups is 1. The molecule has 0 spiro atoms. The van der Waals surface area contributed by atoms with Gasteiger partial charge in [-0.25, -0.2) is 4.79 Å². The van der Waals surface area contributed by atoms with Crippen molar-refractivity contribution in [3.8, 4) is 0 Å². The molecule has 0 aliphatic carbocycles. The van der Waals surface area contributed by atoms with E-state index in [0.717, 1.165) is 12.3 Å². The van der Waals surface area contributed by atoms with Crippen molar-refractivity contribution in [1.29, 1.82) is 0 Å². The van der Waals surface area contributed by atoms with E-state index in [9.17, 15) is 4.79 Å². The van der Waals surface area contributed by atoms with Gasteiger partial charge in [0.25, 0.3) is 0 Å². The highest BCUT2D eigenvalue weighted by Crippen LogP contribution is 2.20. The van der Waals surface area contributed by atoms with Crippen LogP contribution in [0.2, 0.25) is 0 Å². The lowest BCUT2D eigenvalue weighted by atomic mass is 9.92. The first-order chi connectivity index (χ1) is 12.5. The quantitative estimate of drug-likeness (QED) is 0.140. The minimum atomic E-state index is -0.258. The minimum Gasteiger partial charge on any atom is -0.462 e. The van der Waals surface area contributed by atoms with E-state index in [1.165, 1.54) is 83.5 Å². The van der Waals surface area contributed by atoms with Crippen LogP contribution in [0.4, 0.5) is 0 Å². The summed E-state index contributed by atoms with van der Waals surface area (Å²) in [6, 6.07) is 0. The number of hydrogen-bond donors (Lipinski definition) is 0. The van der Waals surface area contributed by atoms with Crippen molar-refractivity contribution in [2.45, 2.75) is 118 Å². The standard InChI is InChI=1S/C24H46O2/c1-6-7-8-9-10-11-12-13-14-15-16-22(4)17-18-23(5)19-20-26-24(25)21(2)3/h22-23H,2,6-20H2,1,3-5H3. The molecule has 0 rings (SSSR count). The molecule has 0 aromatic carbocycles. The van der Waals surface area contributed by atoms with Crippen LogP contribution in [-0.4, -0.2) is 12.6 Å². The van der Waals surface area contributed by atoms with Gasteiger partial charge in [0.2, 0.25) is 0 Å². The Bertz CT molecular complexity index is 348. The number of ether oxygens (including phenoxy) is 1. The molecule has 2 heteroatoms. The van der Waals surface area contributed by atoms with Gasteiger partial charge in [0.15, 0.2) is 0 Å². The Labute approximate surface area is 164 Å². The van der Waals surface area contributed by atoms with Gasteiger partial charge in [-0.1, -0.05) is 111 Å². The maximum atomic E-state index is 11.3. The predicted octanol–water partition coefficient (Wildman–Crippen LogP) is 7.86. The summed E-state index contributed by atoms with van der Waals surface area (Å²) in [6.07, 6.45) is 19.0. The number of rotatable bonds is 18. The number of hydrogen-bond acceptors (Lipinski definition) is 2. The third kappa shape index (κ3) is 16.7. The van der Waals surface area contributed by atoms with Crippen LogP contribution in [0.1, 0.15) is 118 Å². The van der Waals surface area contributed by atoms with Crippen LogP contribution >= 0.6 is 0 Å². The average Bonchev–Trinajstić information content (AvgIpc) is 2.61. The van der Waals surface area contributed by atoms with E-state index in [4.69, 9.17) is 4.74 Å². The fourth-order valence-electron chi connectivity index (χ4n) is 3.31. The summed E-state index contributed by atoms with van der Waals surface area (Å²) in [4.78, 5) is 11.3. The molecule has 0 aliphatic heterocycles. The molecule has 0 radical (unpaired) electrons. The molecule has 26 heavy (non-hydrogen) atoms. The fourth-order valence-corrected chi connectivity index (χ4v) is 3.31. The van der Waals surface area contributed by atoms with Crippen molar-refractivity contribution in [3.05, 3.63) is 12.2 Å². The van der Waals surface area contributed by atoms with Crippen molar-refractivity contribution in [2.24, 2.45) is 11.8 Å². The summed E-state index contributed by atoms with van der Waals surface area (Å²) in [5.41, 5.74) is 0.489. The zero-order valence-corrected chi connectivity index (χ0v) is 18.3. The van der Waals surface area contributed by atoms with Crippen LogP contribution < -0.4 is 0 Å². The second kappa shape index (κ2) is 17.6. The third-order valence-corrected chi connectivity index (χ3v) is 5.40. The molecule has 0 aromatic rings.